The van der Waals surface area contributed by atoms with Crippen LogP contribution in [-0.2, 0) is 6.42 Å². The first kappa shape index (κ1) is 12.2. The normalized spacial score (nSPS) is 35.4. The van der Waals surface area contributed by atoms with Crippen molar-refractivity contribution in [2.45, 2.75) is 63.3 Å². The number of nitrogens with two attached hydrogens (primary N) is 1. The minimum atomic E-state index is 0.00655. The maximum atomic E-state index is 6.89. The molecular weight excluding hydrogens is 220 g/mol. The second kappa shape index (κ2) is 4.65. The van der Waals surface area contributed by atoms with Gasteiger partial charge in [-0.1, -0.05) is 32.3 Å². The lowest BCUT2D eigenvalue weighted by atomic mass is 9.64. The zero-order valence-corrected chi connectivity index (χ0v) is 11.4. The monoisotopic (exact) mass is 244 g/mol. The molecule has 2 aliphatic rings. The summed E-state index contributed by atoms with van der Waals surface area (Å²) in [6.45, 7) is 2.30. The molecule has 0 aliphatic heterocycles. The van der Waals surface area contributed by atoms with E-state index < -0.39 is 0 Å². The first-order valence-electron chi connectivity index (χ1n) is 7.48. The molecule has 2 N–H and O–H groups in total. The van der Waals surface area contributed by atoms with E-state index in [1.807, 2.05) is 6.20 Å². The van der Waals surface area contributed by atoms with E-state index in [1.165, 1.54) is 56.2 Å². The first-order chi connectivity index (χ1) is 8.75. The Morgan fingerprint density at radius 2 is 2.28 bits per heavy atom. The van der Waals surface area contributed by atoms with Crippen molar-refractivity contribution in [2.75, 3.05) is 0 Å². The zero-order valence-electron chi connectivity index (χ0n) is 11.4. The molecule has 1 saturated carbocycles. The number of hydrogen-bond donors (Lipinski definition) is 1. The van der Waals surface area contributed by atoms with E-state index in [9.17, 15) is 0 Å². The Morgan fingerprint density at radius 3 is 3.11 bits per heavy atom. The second-order valence-electron chi connectivity index (χ2n) is 6.10. The van der Waals surface area contributed by atoms with E-state index in [2.05, 4.69) is 24.0 Å². The van der Waals surface area contributed by atoms with Crippen molar-refractivity contribution in [1.29, 1.82) is 0 Å². The highest BCUT2D eigenvalue weighted by molar-refractivity contribution is 5.32. The molecule has 18 heavy (non-hydrogen) atoms. The molecule has 1 fully saturated rings. The molecule has 1 aromatic rings. The fourth-order valence-corrected chi connectivity index (χ4v) is 4.27. The molecule has 2 nitrogen and oxygen atoms in total. The van der Waals surface area contributed by atoms with E-state index in [-0.39, 0.29) is 5.54 Å². The van der Waals surface area contributed by atoms with Crippen LogP contribution >= 0.6 is 0 Å². The van der Waals surface area contributed by atoms with Crippen molar-refractivity contribution < 1.29 is 0 Å². The number of hydrogen-bond acceptors (Lipinski definition) is 2. The summed E-state index contributed by atoms with van der Waals surface area (Å²) in [7, 11) is 0. The van der Waals surface area contributed by atoms with Crippen molar-refractivity contribution in [2.24, 2.45) is 11.7 Å². The highest BCUT2D eigenvalue weighted by Gasteiger charge is 2.46. The van der Waals surface area contributed by atoms with Gasteiger partial charge in [-0.2, -0.15) is 0 Å². The number of rotatable bonds is 2. The van der Waals surface area contributed by atoms with Gasteiger partial charge in [0, 0.05) is 23.3 Å². The van der Waals surface area contributed by atoms with Crippen LogP contribution in [0.15, 0.2) is 18.3 Å². The van der Waals surface area contributed by atoms with Crippen molar-refractivity contribution in [3.05, 3.63) is 29.6 Å². The van der Waals surface area contributed by atoms with Crippen molar-refractivity contribution in [3.63, 3.8) is 0 Å². The average Bonchev–Trinajstić information content (AvgIpc) is 2.83. The highest BCUT2D eigenvalue weighted by Crippen LogP contribution is 2.48. The third-order valence-corrected chi connectivity index (χ3v) is 5.27. The molecule has 2 heteroatoms. The molecule has 0 amide bonds. The Labute approximate surface area is 110 Å². The number of pyridine rings is 1. The Morgan fingerprint density at radius 1 is 1.39 bits per heavy atom. The van der Waals surface area contributed by atoms with Crippen molar-refractivity contribution in [3.8, 4) is 0 Å². The maximum absolute atomic E-state index is 6.89. The number of aryl methyl sites for hydroxylation is 1. The minimum absolute atomic E-state index is 0.00655. The number of fused-ring (bicyclic) bond motifs is 1. The van der Waals surface area contributed by atoms with Crippen LogP contribution in [0.25, 0.3) is 0 Å². The molecule has 0 aromatic carbocycles. The van der Waals surface area contributed by atoms with E-state index >= 15 is 0 Å². The van der Waals surface area contributed by atoms with Gasteiger partial charge in [-0.15, -0.1) is 0 Å². The molecule has 1 heterocycles. The molecule has 3 atom stereocenters. The van der Waals surface area contributed by atoms with Gasteiger partial charge in [-0.25, -0.2) is 0 Å². The summed E-state index contributed by atoms with van der Waals surface area (Å²) < 4.78 is 0. The van der Waals surface area contributed by atoms with Gasteiger partial charge in [-0.3, -0.25) is 4.98 Å². The van der Waals surface area contributed by atoms with Gasteiger partial charge in [0.2, 0.25) is 0 Å². The van der Waals surface area contributed by atoms with Crippen molar-refractivity contribution in [1.82, 2.24) is 4.98 Å². The second-order valence-corrected chi connectivity index (χ2v) is 6.10. The molecule has 0 spiro atoms. The largest absolute Gasteiger partial charge is 0.324 e. The predicted molar refractivity (Wildman–Crippen MR) is 74.5 cm³/mol. The summed E-state index contributed by atoms with van der Waals surface area (Å²) >= 11 is 0. The summed E-state index contributed by atoms with van der Waals surface area (Å²) in [5.74, 6) is 1.18. The van der Waals surface area contributed by atoms with E-state index in [1.54, 1.807) is 0 Å². The van der Waals surface area contributed by atoms with Gasteiger partial charge in [-0.05, 0) is 43.2 Å². The van der Waals surface area contributed by atoms with Crippen LogP contribution in [-0.4, -0.2) is 10.5 Å². The molecule has 3 unspecified atom stereocenters. The average molecular weight is 244 g/mol. The predicted octanol–water partition coefficient (Wildman–Crippen LogP) is 3.41. The molecule has 1 aromatic heterocycles. The van der Waals surface area contributed by atoms with Gasteiger partial charge < -0.3 is 5.73 Å². The highest BCUT2D eigenvalue weighted by atomic mass is 14.8. The molecule has 0 radical (unpaired) electrons. The summed E-state index contributed by atoms with van der Waals surface area (Å²) in [6, 6.07) is 4.29. The SMILES string of the molecule is CCC1CCCCC1(N)C1CCc2cccnc21. The van der Waals surface area contributed by atoms with Crippen LogP contribution in [0, 0.1) is 5.92 Å². The molecule has 0 saturated heterocycles. The fourth-order valence-electron chi connectivity index (χ4n) is 4.27. The summed E-state index contributed by atoms with van der Waals surface area (Å²) in [4.78, 5) is 4.65. The van der Waals surface area contributed by atoms with Gasteiger partial charge in [0.05, 0.1) is 0 Å². The minimum Gasteiger partial charge on any atom is -0.324 e. The number of aromatic nitrogens is 1. The van der Waals surface area contributed by atoms with Gasteiger partial charge >= 0.3 is 0 Å². The zero-order chi connectivity index (χ0) is 12.6. The Hall–Kier alpha value is -0.890. The van der Waals surface area contributed by atoms with Gasteiger partial charge in [0.25, 0.3) is 0 Å². The standard InChI is InChI=1S/C16H24N2/c1-2-13-7-3-4-10-16(13,17)14-9-8-12-6-5-11-18-15(12)14/h5-6,11,13-14H,2-4,7-10,17H2,1H3. The van der Waals surface area contributed by atoms with Crippen LogP contribution in [0.5, 0.6) is 0 Å². The number of nitrogens with zero attached hydrogens (tertiary/aromatic N) is 1. The van der Waals surface area contributed by atoms with E-state index in [0.717, 1.165) is 0 Å². The van der Waals surface area contributed by atoms with Crippen LogP contribution in [0.4, 0.5) is 0 Å². The Balaban J connectivity index is 1.94. The maximum Gasteiger partial charge on any atom is 0.0484 e. The summed E-state index contributed by atoms with van der Waals surface area (Å²) in [5, 5.41) is 0. The molecular formula is C16H24N2. The lowest BCUT2D eigenvalue weighted by molar-refractivity contribution is 0.147. The van der Waals surface area contributed by atoms with Crippen LogP contribution < -0.4 is 5.73 Å². The van der Waals surface area contributed by atoms with Crippen LogP contribution in [0.3, 0.4) is 0 Å². The smallest absolute Gasteiger partial charge is 0.0484 e. The fraction of sp³-hybridized carbons (Fsp3) is 0.688. The quantitative estimate of drug-likeness (QED) is 0.866. The third kappa shape index (κ3) is 1.78. The summed E-state index contributed by atoms with van der Waals surface area (Å²) in [5.41, 5.74) is 9.64. The van der Waals surface area contributed by atoms with E-state index in [0.29, 0.717) is 11.8 Å². The lowest BCUT2D eigenvalue weighted by Gasteiger charge is -2.45. The Kier molecular flexibility index (Phi) is 3.14. The third-order valence-electron chi connectivity index (χ3n) is 5.27. The summed E-state index contributed by atoms with van der Waals surface area (Å²) in [6.07, 6.45) is 10.7. The first-order valence-corrected chi connectivity index (χ1v) is 7.48. The molecule has 3 rings (SSSR count). The van der Waals surface area contributed by atoms with Gasteiger partial charge in [0.15, 0.2) is 0 Å². The van der Waals surface area contributed by atoms with Crippen LogP contribution in [0.1, 0.15) is 62.6 Å². The molecule has 2 aliphatic carbocycles. The van der Waals surface area contributed by atoms with Crippen LogP contribution in [0.2, 0.25) is 0 Å². The lowest BCUT2D eigenvalue weighted by Crippen LogP contribution is -2.53. The Bertz CT molecular complexity index is 429. The molecule has 98 valence electrons. The van der Waals surface area contributed by atoms with Crippen molar-refractivity contribution >= 4 is 0 Å². The molecule has 0 bridgehead atoms. The van der Waals surface area contributed by atoms with E-state index in [4.69, 9.17) is 5.73 Å². The van der Waals surface area contributed by atoms with Gasteiger partial charge in [0.1, 0.15) is 0 Å². The topological polar surface area (TPSA) is 38.9 Å².